The number of aliphatic hydroxyl groups excluding tert-OH is 1. The Morgan fingerprint density at radius 3 is 3.00 bits per heavy atom. The van der Waals surface area contributed by atoms with E-state index in [0.29, 0.717) is 23.3 Å². The number of hydrogen-bond donors (Lipinski definition) is 1. The first-order chi connectivity index (χ1) is 7.22. The molecule has 0 bridgehead atoms. The molecule has 1 saturated heterocycles. The molecule has 0 aliphatic carbocycles. The number of rotatable bonds is 2. The molecule has 0 radical (unpaired) electrons. The van der Waals surface area contributed by atoms with Crippen LogP contribution in [-0.2, 0) is 0 Å². The van der Waals surface area contributed by atoms with Gasteiger partial charge in [-0.3, -0.25) is 4.79 Å². The zero-order valence-corrected chi connectivity index (χ0v) is 9.64. The van der Waals surface area contributed by atoms with Crippen molar-refractivity contribution in [1.29, 1.82) is 0 Å². The Labute approximate surface area is 96.1 Å². The number of carbonyl (C=O) groups excluding carboxylic acids is 1. The number of likely N-dealkylation sites (tertiary alicyclic amines) is 1. The summed E-state index contributed by atoms with van der Waals surface area (Å²) in [5, 5.41) is 8.85. The smallest absolute Gasteiger partial charge is 0.256 e. The van der Waals surface area contributed by atoms with E-state index in [2.05, 4.69) is 20.9 Å². The minimum absolute atomic E-state index is 0.0281. The molecule has 1 amide bonds. The lowest BCUT2D eigenvalue weighted by Crippen LogP contribution is -2.51. The molecule has 1 N–H and O–H groups in total. The van der Waals surface area contributed by atoms with Crippen molar-refractivity contribution in [3.05, 3.63) is 28.5 Å². The highest BCUT2D eigenvalue weighted by atomic mass is 79.9. The summed E-state index contributed by atoms with van der Waals surface area (Å²) in [5.41, 5.74) is 0.578. The summed E-state index contributed by atoms with van der Waals surface area (Å²) in [7, 11) is 0. The van der Waals surface area contributed by atoms with E-state index in [1.807, 2.05) is 0 Å². The van der Waals surface area contributed by atoms with Crippen molar-refractivity contribution in [2.45, 2.75) is 0 Å². The monoisotopic (exact) mass is 270 g/mol. The molecule has 4 nitrogen and oxygen atoms in total. The lowest BCUT2D eigenvalue weighted by Gasteiger charge is -2.38. The summed E-state index contributed by atoms with van der Waals surface area (Å²) < 4.78 is 0.572. The van der Waals surface area contributed by atoms with Gasteiger partial charge in [-0.05, 0) is 28.1 Å². The number of halogens is 1. The van der Waals surface area contributed by atoms with E-state index in [1.54, 1.807) is 23.2 Å². The van der Waals surface area contributed by atoms with Crippen LogP contribution in [0.2, 0.25) is 0 Å². The standard InChI is InChI=1S/C10H11BrN2O2/c11-9-8(2-1-3-12-9)10(15)13-4-7(5-13)6-14/h1-3,7,14H,4-6H2. The number of aromatic nitrogens is 1. The Bertz CT molecular complexity index is 377. The molecule has 0 spiro atoms. The van der Waals surface area contributed by atoms with E-state index in [-0.39, 0.29) is 18.4 Å². The van der Waals surface area contributed by atoms with E-state index < -0.39 is 0 Å². The molecule has 1 aromatic rings. The number of nitrogens with zero attached hydrogens (tertiary/aromatic N) is 2. The van der Waals surface area contributed by atoms with Crippen LogP contribution in [0.15, 0.2) is 22.9 Å². The summed E-state index contributed by atoms with van der Waals surface area (Å²) >= 11 is 3.24. The van der Waals surface area contributed by atoms with Crippen LogP contribution in [0.5, 0.6) is 0 Å². The minimum Gasteiger partial charge on any atom is -0.396 e. The fourth-order valence-electron chi connectivity index (χ4n) is 1.57. The molecular weight excluding hydrogens is 260 g/mol. The molecular formula is C10H11BrN2O2. The largest absolute Gasteiger partial charge is 0.396 e. The van der Waals surface area contributed by atoms with Gasteiger partial charge in [-0.15, -0.1) is 0 Å². The van der Waals surface area contributed by atoms with Gasteiger partial charge in [-0.25, -0.2) is 4.98 Å². The number of carbonyl (C=O) groups is 1. The third kappa shape index (κ3) is 2.03. The van der Waals surface area contributed by atoms with Gasteiger partial charge in [0.25, 0.3) is 5.91 Å². The Hall–Kier alpha value is -0.940. The van der Waals surface area contributed by atoms with Crippen molar-refractivity contribution in [3.8, 4) is 0 Å². The second-order valence-corrected chi connectivity index (χ2v) is 4.35. The van der Waals surface area contributed by atoms with Crippen molar-refractivity contribution in [1.82, 2.24) is 9.88 Å². The van der Waals surface area contributed by atoms with E-state index in [9.17, 15) is 4.79 Å². The molecule has 0 atom stereocenters. The third-order valence-corrected chi connectivity index (χ3v) is 3.12. The predicted molar refractivity (Wildman–Crippen MR) is 58.4 cm³/mol. The SMILES string of the molecule is O=C(c1cccnc1Br)N1CC(CO)C1. The van der Waals surface area contributed by atoms with Crippen LogP contribution < -0.4 is 0 Å². The van der Waals surface area contributed by atoms with Crippen LogP contribution in [0, 0.1) is 5.92 Å². The maximum Gasteiger partial charge on any atom is 0.256 e. The highest BCUT2D eigenvalue weighted by Crippen LogP contribution is 2.21. The number of pyridine rings is 1. The normalized spacial score (nSPS) is 16.3. The van der Waals surface area contributed by atoms with E-state index in [1.165, 1.54) is 0 Å². The van der Waals surface area contributed by atoms with Crippen molar-refractivity contribution in [2.75, 3.05) is 19.7 Å². The average molecular weight is 271 g/mol. The van der Waals surface area contributed by atoms with Gasteiger partial charge in [0.05, 0.1) is 5.56 Å². The van der Waals surface area contributed by atoms with Crippen molar-refractivity contribution >= 4 is 21.8 Å². The zero-order valence-electron chi connectivity index (χ0n) is 8.06. The van der Waals surface area contributed by atoms with Crippen LogP contribution in [0.25, 0.3) is 0 Å². The van der Waals surface area contributed by atoms with Gasteiger partial charge in [-0.1, -0.05) is 0 Å². The van der Waals surface area contributed by atoms with Crippen LogP contribution in [0.3, 0.4) is 0 Å². The van der Waals surface area contributed by atoms with Gasteiger partial charge in [-0.2, -0.15) is 0 Å². The molecule has 0 saturated carbocycles. The zero-order chi connectivity index (χ0) is 10.8. The Morgan fingerprint density at radius 2 is 2.40 bits per heavy atom. The van der Waals surface area contributed by atoms with Crippen LogP contribution >= 0.6 is 15.9 Å². The first-order valence-electron chi connectivity index (χ1n) is 4.73. The predicted octanol–water partition coefficient (Wildman–Crippen LogP) is 0.908. The number of aliphatic hydroxyl groups is 1. The second kappa shape index (κ2) is 4.28. The van der Waals surface area contributed by atoms with E-state index in [0.717, 1.165) is 0 Å². The fourth-order valence-corrected chi connectivity index (χ4v) is 1.99. The quantitative estimate of drug-likeness (QED) is 0.813. The van der Waals surface area contributed by atoms with Crippen molar-refractivity contribution in [3.63, 3.8) is 0 Å². The summed E-state index contributed by atoms with van der Waals surface area (Å²) in [5.74, 6) is 0.212. The summed E-state index contributed by atoms with van der Waals surface area (Å²) in [6, 6.07) is 3.48. The molecule has 1 aliphatic heterocycles. The van der Waals surface area contributed by atoms with Gasteiger partial charge in [0.15, 0.2) is 0 Å². The topological polar surface area (TPSA) is 53.4 Å². The Kier molecular flexibility index (Phi) is 3.02. The van der Waals surface area contributed by atoms with Gasteiger partial charge < -0.3 is 10.0 Å². The molecule has 1 fully saturated rings. The van der Waals surface area contributed by atoms with Crippen LogP contribution in [-0.4, -0.2) is 40.6 Å². The molecule has 2 rings (SSSR count). The van der Waals surface area contributed by atoms with E-state index >= 15 is 0 Å². The van der Waals surface area contributed by atoms with Gasteiger partial charge in [0, 0.05) is 31.8 Å². The lowest BCUT2D eigenvalue weighted by atomic mass is 10.0. The molecule has 5 heteroatoms. The molecule has 0 unspecified atom stereocenters. The molecule has 80 valence electrons. The van der Waals surface area contributed by atoms with Gasteiger partial charge in [0.2, 0.25) is 0 Å². The summed E-state index contributed by atoms with van der Waals surface area (Å²) in [4.78, 5) is 17.6. The highest BCUT2D eigenvalue weighted by molar-refractivity contribution is 9.10. The molecule has 1 aromatic heterocycles. The molecule has 2 heterocycles. The average Bonchev–Trinajstić information content (AvgIpc) is 2.16. The third-order valence-electron chi connectivity index (χ3n) is 2.49. The minimum atomic E-state index is -0.0281. The number of amides is 1. The van der Waals surface area contributed by atoms with Crippen molar-refractivity contribution in [2.24, 2.45) is 5.92 Å². The first-order valence-corrected chi connectivity index (χ1v) is 5.52. The van der Waals surface area contributed by atoms with Crippen LogP contribution in [0.4, 0.5) is 0 Å². The summed E-state index contributed by atoms with van der Waals surface area (Å²) in [6.07, 6.45) is 1.63. The molecule has 15 heavy (non-hydrogen) atoms. The number of hydrogen-bond acceptors (Lipinski definition) is 3. The fraction of sp³-hybridized carbons (Fsp3) is 0.400. The lowest BCUT2D eigenvalue weighted by molar-refractivity contribution is 0.0360. The first kappa shape index (κ1) is 10.6. The summed E-state index contributed by atoms with van der Waals surface area (Å²) in [6.45, 7) is 1.42. The van der Waals surface area contributed by atoms with E-state index in [4.69, 9.17) is 5.11 Å². The maximum atomic E-state index is 11.9. The Morgan fingerprint density at radius 1 is 1.67 bits per heavy atom. The van der Waals surface area contributed by atoms with Crippen LogP contribution in [0.1, 0.15) is 10.4 Å². The van der Waals surface area contributed by atoms with Gasteiger partial charge >= 0.3 is 0 Å². The Balaban J connectivity index is 2.07. The molecule has 1 aliphatic rings. The second-order valence-electron chi connectivity index (χ2n) is 3.60. The van der Waals surface area contributed by atoms with Crippen molar-refractivity contribution < 1.29 is 9.90 Å². The highest BCUT2D eigenvalue weighted by Gasteiger charge is 2.31. The molecule has 0 aromatic carbocycles. The van der Waals surface area contributed by atoms with Gasteiger partial charge in [0.1, 0.15) is 4.60 Å². The maximum absolute atomic E-state index is 11.9.